The summed E-state index contributed by atoms with van der Waals surface area (Å²) in [6.07, 6.45) is 5.35. The quantitative estimate of drug-likeness (QED) is 0.800. The van der Waals surface area contributed by atoms with Crippen molar-refractivity contribution in [2.45, 2.75) is 25.7 Å². The first kappa shape index (κ1) is 15.5. The third kappa shape index (κ3) is 4.09. The molecule has 1 aliphatic carbocycles. The van der Waals surface area contributed by atoms with Gasteiger partial charge in [-0.15, -0.1) is 0 Å². The Bertz CT molecular complexity index is 657. The van der Waals surface area contributed by atoms with Gasteiger partial charge < -0.3 is 10.1 Å². The highest BCUT2D eigenvalue weighted by Gasteiger charge is 2.43. The smallest absolute Gasteiger partial charge is 0.223 e. The first-order valence-corrected chi connectivity index (χ1v) is 8.12. The summed E-state index contributed by atoms with van der Waals surface area (Å²) in [6.45, 7) is 3.30. The molecule has 120 valence electrons. The molecule has 0 unspecified atom stereocenters. The van der Waals surface area contributed by atoms with Crippen molar-refractivity contribution in [3.8, 4) is 5.75 Å². The average molecular weight is 310 g/mol. The summed E-state index contributed by atoms with van der Waals surface area (Å²) in [7, 11) is 0. The van der Waals surface area contributed by atoms with Crippen LogP contribution in [-0.4, -0.2) is 24.0 Å². The molecular weight excluding hydrogens is 288 g/mol. The van der Waals surface area contributed by atoms with E-state index in [2.05, 4.69) is 10.3 Å². The molecule has 0 spiro atoms. The van der Waals surface area contributed by atoms with E-state index in [9.17, 15) is 4.79 Å². The molecule has 2 aromatic rings. The zero-order chi connectivity index (χ0) is 16.1. The fraction of sp³-hybridized carbons (Fsp3) is 0.368. The number of hydrogen-bond acceptors (Lipinski definition) is 3. The molecule has 0 saturated heterocycles. The molecule has 4 nitrogen and oxygen atoms in total. The fourth-order valence-electron chi connectivity index (χ4n) is 2.76. The molecule has 2 atom stereocenters. The summed E-state index contributed by atoms with van der Waals surface area (Å²) in [5, 5.41) is 3.01. The van der Waals surface area contributed by atoms with Crippen LogP contribution in [0.4, 0.5) is 0 Å². The maximum Gasteiger partial charge on any atom is 0.223 e. The number of nitrogens with zero attached hydrogens (tertiary/aromatic N) is 1. The van der Waals surface area contributed by atoms with Crippen molar-refractivity contribution in [3.63, 3.8) is 0 Å². The van der Waals surface area contributed by atoms with E-state index in [1.807, 2.05) is 49.5 Å². The summed E-state index contributed by atoms with van der Waals surface area (Å²) < 4.78 is 5.73. The number of amides is 1. The van der Waals surface area contributed by atoms with Gasteiger partial charge in [-0.05, 0) is 48.9 Å². The van der Waals surface area contributed by atoms with Gasteiger partial charge in [-0.25, -0.2) is 0 Å². The Morgan fingerprint density at radius 3 is 2.96 bits per heavy atom. The van der Waals surface area contributed by atoms with Crippen LogP contribution in [0.5, 0.6) is 5.75 Å². The van der Waals surface area contributed by atoms with Crippen molar-refractivity contribution in [1.29, 1.82) is 0 Å². The van der Waals surface area contributed by atoms with Crippen LogP contribution in [0, 0.1) is 12.8 Å². The zero-order valence-corrected chi connectivity index (χ0v) is 13.4. The highest BCUT2D eigenvalue weighted by atomic mass is 16.5. The van der Waals surface area contributed by atoms with Gasteiger partial charge >= 0.3 is 0 Å². The Kier molecular flexibility index (Phi) is 4.91. The molecule has 0 radical (unpaired) electrons. The number of aromatic nitrogens is 1. The number of pyridine rings is 1. The Morgan fingerprint density at radius 2 is 2.17 bits per heavy atom. The minimum atomic E-state index is 0.108. The average Bonchev–Trinajstić information content (AvgIpc) is 3.37. The summed E-state index contributed by atoms with van der Waals surface area (Å²) in [5.41, 5.74) is 2.30. The van der Waals surface area contributed by atoms with Crippen molar-refractivity contribution >= 4 is 5.91 Å². The number of nitrogens with one attached hydrogen (secondary N) is 1. The zero-order valence-electron chi connectivity index (χ0n) is 13.4. The standard InChI is InChI=1S/C19H22N2O2/c1-14-6-2-3-8-18(14)23-11-5-10-21-19(22)17-12-16(17)15-7-4-9-20-13-15/h2-4,6-9,13,16-17H,5,10-12H2,1H3,(H,21,22)/t16-,17+/m0/s1. The summed E-state index contributed by atoms with van der Waals surface area (Å²) in [5.74, 6) is 1.51. The monoisotopic (exact) mass is 310 g/mol. The van der Waals surface area contributed by atoms with Gasteiger partial charge in [0.2, 0.25) is 5.91 Å². The van der Waals surface area contributed by atoms with Crippen LogP contribution >= 0.6 is 0 Å². The Hall–Kier alpha value is -2.36. The second-order valence-corrected chi connectivity index (χ2v) is 5.99. The van der Waals surface area contributed by atoms with Crippen molar-refractivity contribution in [2.75, 3.05) is 13.2 Å². The molecule has 1 fully saturated rings. The molecule has 1 amide bonds. The van der Waals surface area contributed by atoms with Gasteiger partial charge in [-0.1, -0.05) is 24.3 Å². The Balaban J connectivity index is 1.34. The molecule has 23 heavy (non-hydrogen) atoms. The van der Waals surface area contributed by atoms with Crippen LogP contribution in [0.2, 0.25) is 0 Å². The van der Waals surface area contributed by atoms with E-state index in [1.54, 1.807) is 6.20 Å². The summed E-state index contributed by atoms with van der Waals surface area (Å²) in [4.78, 5) is 16.2. The minimum absolute atomic E-state index is 0.108. The molecule has 1 saturated carbocycles. The van der Waals surface area contributed by atoms with Gasteiger partial charge in [0, 0.05) is 24.9 Å². The molecule has 0 bridgehead atoms. The molecule has 0 aliphatic heterocycles. The maximum atomic E-state index is 12.1. The number of carbonyl (C=O) groups excluding carboxylic acids is 1. The van der Waals surface area contributed by atoms with Crippen molar-refractivity contribution < 1.29 is 9.53 Å². The molecule has 1 heterocycles. The number of hydrogen-bond donors (Lipinski definition) is 1. The maximum absolute atomic E-state index is 12.1. The van der Waals surface area contributed by atoms with Crippen LogP contribution in [0.1, 0.15) is 29.9 Å². The molecule has 1 aliphatic rings. The summed E-state index contributed by atoms with van der Waals surface area (Å²) >= 11 is 0. The van der Waals surface area contributed by atoms with E-state index in [-0.39, 0.29) is 11.8 Å². The summed E-state index contributed by atoms with van der Waals surface area (Å²) in [6, 6.07) is 11.9. The predicted octanol–water partition coefficient (Wildman–Crippen LogP) is 3.08. The van der Waals surface area contributed by atoms with Crippen LogP contribution in [0.15, 0.2) is 48.8 Å². The highest BCUT2D eigenvalue weighted by molar-refractivity contribution is 5.82. The first-order valence-electron chi connectivity index (χ1n) is 8.12. The SMILES string of the molecule is Cc1ccccc1OCCCNC(=O)[C@@H]1C[C@H]1c1cccnc1. The predicted molar refractivity (Wildman–Crippen MR) is 89.4 cm³/mol. The second-order valence-electron chi connectivity index (χ2n) is 5.99. The normalized spacial score (nSPS) is 19.2. The van der Waals surface area contributed by atoms with Crippen LogP contribution in [0.25, 0.3) is 0 Å². The van der Waals surface area contributed by atoms with Gasteiger partial charge in [0.15, 0.2) is 0 Å². The van der Waals surface area contributed by atoms with Crippen LogP contribution in [-0.2, 0) is 4.79 Å². The lowest BCUT2D eigenvalue weighted by molar-refractivity contribution is -0.122. The molecule has 1 N–H and O–H groups in total. The second kappa shape index (κ2) is 7.27. The highest BCUT2D eigenvalue weighted by Crippen LogP contribution is 2.47. The minimum Gasteiger partial charge on any atom is -0.493 e. The third-order valence-electron chi connectivity index (χ3n) is 4.21. The van der Waals surface area contributed by atoms with Crippen LogP contribution in [0.3, 0.4) is 0 Å². The van der Waals surface area contributed by atoms with Crippen LogP contribution < -0.4 is 10.1 Å². The van der Waals surface area contributed by atoms with Gasteiger partial charge in [0.05, 0.1) is 6.61 Å². The lowest BCUT2D eigenvalue weighted by atomic mass is 10.1. The number of carbonyl (C=O) groups is 1. The fourth-order valence-corrected chi connectivity index (χ4v) is 2.76. The van der Waals surface area contributed by atoms with Gasteiger partial charge in [0.25, 0.3) is 0 Å². The Morgan fingerprint density at radius 1 is 1.30 bits per heavy atom. The topological polar surface area (TPSA) is 51.2 Å². The van der Waals surface area contributed by atoms with Crippen molar-refractivity contribution in [3.05, 3.63) is 59.9 Å². The molecular formula is C19H22N2O2. The number of ether oxygens (including phenoxy) is 1. The van der Waals surface area contributed by atoms with Gasteiger partial charge in [-0.3, -0.25) is 9.78 Å². The Labute approximate surface area is 136 Å². The number of aryl methyl sites for hydroxylation is 1. The van der Waals surface area contributed by atoms with Crippen molar-refractivity contribution in [2.24, 2.45) is 5.92 Å². The van der Waals surface area contributed by atoms with Crippen molar-refractivity contribution in [1.82, 2.24) is 10.3 Å². The molecule has 3 rings (SSSR count). The largest absolute Gasteiger partial charge is 0.493 e. The van der Waals surface area contributed by atoms with Gasteiger partial charge in [-0.2, -0.15) is 0 Å². The molecule has 4 heteroatoms. The van der Waals surface area contributed by atoms with E-state index in [1.165, 1.54) is 0 Å². The lowest BCUT2D eigenvalue weighted by Gasteiger charge is -2.09. The number of rotatable bonds is 7. The lowest BCUT2D eigenvalue weighted by Crippen LogP contribution is -2.27. The van der Waals surface area contributed by atoms with E-state index >= 15 is 0 Å². The van der Waals surface area contributed by atoms with E-state index in [0.717, 1.165) is 29.7 Å². The molecule has 1 aromatic carbocycles. The first-order chi connectivity index (χ1) is 11.3. The van der Waals surface area contributed by atoms with E-state index in [0.29, 0.717) is 19.1 Å². The third-order valence-corrected chi connectivity index (χ3v) is 4.21. The number of para-hydroxylation sites is 1. The number of benzene rings is 1. The van der Waals surface area contributed by atoms with E-state index in [4.69, 9.17) is 4.74 Å². The molecule has 1 aromatic heterocycles. The van der Waals surface area contributed by atoms with Gasteiger partial charge in [0.1, 0.15) is 5.75 Å². The van der Waals surface area contributed by atoms with E-state index < -0.39 is 0 Å².